The van der Waals surface area contributed by atoms with Gasteiger partial charge in [-0.25, -0.2) is 0 Å². The van der Waals surface area contributed by atoms with Crippen molar-refractivity contribution in [2.75, 3.05) is 11.1 Å². The van der Waals surface area contributed by atoms with Gasteiger partial charge in [-0.05, 0) is 25.5 Å². The van der Waals surface area contributed by atoms with Crippen molar-refractivity contribution >= 4 is 29.1 Å². The molecule has 1 unspecified atom stereocenters. The van der Waals surface area contributed by atoms with Crippen molar-refractivity contribution < 1.29 is 9.59 Å². The number of fused-ring (bicyclic) bond motifs is 1. The number of rotatable bonds is 4. The standard InChI is InChI=1S/C13H16N2O2S/c1-8(14)2-4-11(16)9-3-5-12-10(6-9)15-13(17)7-18-12/h3,5-6,8H,2,4,7,14H2,1H3,(H,15,17). The van der Waals surface area contributed by atoms with Crippen LogP contribution in [0.5, 0.6) is 0 Å². The van der Waals surface area contributed by atoms with Crippen molar-refractivity contribution in [3.05, 3.63) is 23.8 Å². The van der Waals surface area contributed by atoms with E-state index in [9.17, 15) is 9.59 Å². The van der Waals surface area contributed by atoms with Gasteiger partial charge in [0.15, 0.2) is 5.78 Å². The lowest BCUT2D eigenvalue weighted by molar-refractivity contribution is -0.113. The van der Waals surface area contributed by atoms with E-state index in [1.807, 2.05) is 19.1 Å². The van der Waals surface area contributed by atoms with Crippen molar-refractivity contribution in [1.29, 1.82) is 0 Å². The van der Waals surface area contributed by atoms with Gasteiger partial charge >= 0.3 is 0 Å². The molecule has 0 saturated carbocycles. The minimum absolute atomic E-state index is 0.0207. The van der Waals surface area contributed by atoms with Crippen LogP contribution in [0.25, 0.3) is 0 Å². The average Bonchev–Trinajstić information content (AvgIpc) is 2.34. The van der Waals surface area contributed by atoms with Crippen LogP contribution in [0.15, 0.2) is 23.1 Å². The van der Waals surface area contributed by atoms with E-state index in [1.165, 1.54) is 11.8 Å². The van der Waals surface area contributed by atoms with E-state index in [0.29, 0.717) is 24.2 Å². The highest BCUT2D eigenvalue weighted by molar-refractivity contribution is 8.00. The van der Waals surface area contributed by atoms with Crippen LogP contribution in [-0.2, 0) is 4.79 Å². The molecular formula is C13H16N2O2S. The van der Waals surface area contributed by atoms with E-state index in [4.69, 9.17) is 5.73 Å². The quantitative estimate of drug-likeness (QED) is 0.816. The summed E-state index contributed by atoms with van der Waals surface area (Å²) in [5.41, 5.74) is 7.01. The van der Waals surface area contributed by atoms with Crippen LogP contribution < -0.4 is 11.1 Å². The summed E-state index contributed by atoms with van der Waals surface area (Å²) in [4.78, 5) is 24.2. The van der Waals surface area contributed by atoms with Crippen LogP contribution in [0, 0.1) is 0 Å². The Morgan fingerprint density at radius 2 is 2.33 bits per heavy atom. The molecule has 1 aromatic rings. The second-order valence-corrected chi connectivity index (χ2v) is 5.50. The maximum atomic E-state index is 11.9. The summed E-state index contributed by atoms with van der Waals surface area (Å²) in [6, 6.07) is 5.48. The third-order valence-electron chi connectivity index (χ3n) is 2.76. The molecule has 0 radical (unpaired) electrons. The van der Waals surface area contributed by atoms with Crippen LogP contribution in [0.3, 0.4) is 0 Å². The number of carbonyl (C=O) groups excluding carboxylic acids is 2. The van der Waals surface area contributed by atoms with Crippen LogP contribution in [0.2, 0.25) is 0 Å². The third-order valence-corrected chi connectivity index (χ3v) is 3.83. The smallest absolute Gasteiger partial charge is 0.234 e. The number of carbonyl (C=O) groups is 2. The Morgan fingerprint density at radius 1 is 1.56 bits per heavy atom. The van der Waals surface area contributed by atoms with E-state index in [2.05, 4.69) is 5.32 Å². The molecule has 0 spiro atoms. The molecule has 1 amide bonds. The van der Waals surface area contributed by atoms with Gasteiger partial charge in [-0.2, -0.15) is 0 Å². The van der Waals surface area contributed by atoms with Gasteiger partial charge in [0.1, 0.15) is 0 Å². The number of hydrogen-bond donors (Lipinski definition) is 2. The fourth-order valence-corrected chi connectivity index (χ4v) is 2.55. The molecule has 18 heavy (non-hydrogen) atoms. The largest absolute Gasteiger partial charge is 0.328 e. The van der Waals surface area contributed by atoms with Gasteiger partial charge in [0.05, 0.1) is 11.4 Å². The Kier molecular flexibility index (Phi) is 4.04. The summed E-state index contributed by atoms with van der Waals surface area (Å²) >= 11 is 1.49. The first-order valence-corrected chi connectivity index (χ1v) is 6.90. The maximum absolute atomic E-state index is 11.9. The predicted molar refractivity (Wildman–Crippen MR) is 73.0 cm³/mol. The Bertz CT molecular complexity index is 486. The molecule has 1 aliphatic rings. The van der Waals surface area contributed by atoms with Crippen molar-refractivity contribution in [2.45, 2.75) is 30.7 Å². The van der Waals surface area contributed by atoms with Crippen molar-refractivity contribution in [3.8, 4) is 0 Å². The zero-order valence-electron chi connectivity index (χ0n) is 10.2. The second kappa shape index (κ2) is 5.54. The molecule has 2 rings (SSSR count). The van der Waals surface area contributed by atoms with E-state index in [0.717, 1.165) is 10.6 Å². The van der Waals surface area contributed by atoms with Gasteiger partial charge in [0.25, 0.3) is 0 Å². The number of benzene rings is 1. The van der Waals surface area contributed by atoms with Gasteiger partial charge in [-0.15, -0.1) is 11.8 Å². The highest BCUT2D eigenvalue weighted by atomic mass is 32.2. The molecule has 0 aromatic heterocycles. The molecule has 4 nitrogen and oxygen atoms in total. The molecule has 0 saturated heterocycles. The number of thioether (sulfide) groups is 1. The molecular weight excluding hydrogens is 248 g/mol. The first-order valence-electron chi connectivity index (χ1n) is 5.92. The minimum atomic E-state index is -0.0207. The van der Waals surface area contributed by atoms with E-state index >= 15 is 0 Å². The Balaban J connectivity index is 2.13. The molecule has 1 atom stereocenters. The predicted octanol–water partition coefficient (Wildman–Crippen LogP) is 2.04. The maximum Gasteiger partial charge on any atom is 0.234 e. The zero-order valence-corrected chi connectivity index (χ0v) is 11.0. The van der Waals surface area contributed by atoms with Gasteiger partial charge in [0, 0.05) is 22.9 Å². The van der Waals surface area contributed by atoms with Crippen molar-refractivity contribution in [3.63, 3.8) is 0 Å². The lowest BCUT2D eigenvalue weighted by atomic mass is 10.0. The first-order chi connectivity index (χ1) is 8.56. The van der Waals surface area contributed by atoms with Crippen molar-refractivity contribution in [2.24, 2.45) is 5.73 Å². The van der Waals surface area contributed by atoms with Gasteiger partial charge < -0.3 is 11.1 Å². The molecule has 0 aliphatic carbocycles. The lowest BCUT2D eigenvalue weighted by Gasteiger charge is -2.16. The normalized spacial score (nSPS) is 15.8. The fraction of sp³-hybridized carbons (Fsp3) is 0.385. The van der Waals surface area contributed by atoms with Crippen LogP contribution >= 0.6 is 11.8 Å². The van der Waals surface area contributed by atoms with E-state index < -0.39 is 0 Å². The second-order valence-electron chi connectivity index (χ2n) is 4.49. The highest BCUT2D eigenvalue weighted by Gasteiger charge is 2.17. The fourth-order valence-electron chi connectivity index (χ4n) is 1.76. The number of hydrogen-bond acceptors (Lipinski definition) is 4. The van der Waals surface area contributed by atoms with E-state index in [-0.39, 0.29) is 17.7 Å². The molecule has 0 fully saturated rings. The number of Topliss-reactive ketones (excluding diaryl/α,β-unsaturated/α-hetero) is 1. The molecule has 0 bridgehead atoms. The van der Waals surface area contributed by atoms with Crippen LogP contribution in [0.1, 0.15) is 30.1 Å². The molecule has 1 aliphatic heterocycles. The number of anilines is 1. The van der Waals surface area contributed by atoms with Gasteiger partial charge in [0.2, 0.25) is 5.91 Å². The lowest BCUT2D eigenvalue weighted by Crippen LogP contribution is -2.19. The topological polar surface area (TPSA) is 72.2 Å². The average molecular weight is 264 g/mol. The number of ketones is 1. The first kappa shape index (κ1) is 13.1. The van der Waals surface area contributed by atoms with Gasteiger partial charge in [-0.3, -0.25) is 9.59 Å². The number of amides is 1. The summed E-state index contributed by atoms with van der Waals surface area (Å²) in [6.07, 6.45) is 1.12. The molecule has 1 aromatic carbocycles. The van der Waals surface area contributed by atoms with Crippen molar-refractivity contribution in [1.82, 2.24) is 0 Å². The Morgan fingerprint density at radius 3 is 3.06 bits per heavy atom. The summed E-state index contributed by atoms with van der Waals surface area (Å²) in [6.45, 7) is 1.89. The monoisotopic (exact) mass is 264 g/mol. The zero-order chi connectivity index (χ0) is 13.1. The molecule has 96 valence electrons. The SMILES string of the molecule is CC(N)CCC(=O)c1ccc2c(c1)NC(=O)CS2. The summed E-state index contributed by atoms with van der Waals surface area (Å²) in [5.74, 6) is 0.484. The summed E-state index contributed by atoms with van der Waals surface area (Å²) < 4.78 is 0. The number of nitrogens with two attached hydrogens (primary N) is 1. The van der Waals surface area contributed by atoms with Gasteiger partial charge in [-0.1, -0.05) is 6.07 Å². The minimum Gasteiger partial charge on any atom is -0.328 e. The molecule has 3 N–H and O–H groups in total. The Hall–Kier alpha value is -1.33. The molecule has 5 heteroatoms. The van der Waals surface area contributed by atoms with E-state index in [1.54, 1.807) is 6.07 Å². The summed E-state index contributed by atoms with van der Waals surface area (Å²) in [7, 11) is 0. The highest BCUT2D eigenvalue weighted by Crippen LogP contribution is 2.32. The van der Waals surface area contributed by atoms with Crippen LogP contribution in [0.4, 0.5) is 5.69 Å². The van der Waals surface area contributed by atoms with Crippen LogP contribution in [-0.4, -0.2) is 23.5 Å². The third kappa shape index (κ3) is 3.11. The Labute approximate surface area is 110 Å². The summed E-state index contributed by atoms with van der Waals surface area (Å²) in [5, 5.41) is 2.78. The number of nitrogens with one attached hydrogen (secondary N) is 1. The molecule has 1 heterocycles.